The molecule has 1 aromatic heterocycles. The summed E-state index contributed by atoms with van der Waals surface area (Å²) in [7, 11) is 0. The van der Waals surface area contributed by atoms with E-state index in [0.717, 1.165) is 11.2 Å². The van der Waals surface area contributed by atoms with Crippen molar-refractivity contribution in [2.24, 2.45) is 0 Å². The van der Waals surface area contributed by atoms with Crippen molar-refractivity contribution in [1.82, 2.24) is 0 Å². The predicted molar refractivity (Wildman–Crippen MR) is 74.9 cm³/mol. The fourth-order valence-corrected chi connectivity index (χ4v) is 3.33. The van der Waals surface area contributed by atoms with Gasteiger partial charge >= 0.3 is 0 Å². The number of hydrogen-bond acceptors (Lipinski definition) is 1. The minimum Gasteiger partial charge on any atom is -0.456 e. The summed E-state index contributed by atoms with van der Waals surface area (Å²) >= 11 is 0. The molecular weight excluding hydrogens is 220 g/mol. The van der Waals surface area contributed by atoms with E-state index in [4.69, 9.17) is 4.42 Å². The molecule has 1 heteroatoms. The highest BCUT2D eigenvalue weighted by Crippen LogP contribution is 2.40. The average molecular weight is 236 g/mol. The fourth-order valence-electron chi connectivity index (χ4n) is 3.33. The van der Waals surface area contributed by atoms with Gasteiger partial charge in [0.1, 0.15) is 11.2 Å². The molecule has 0 aliphatic heterocycles. The normalized spacial score (nSPS) is 16.9. The van der Waals surface area contributed by atoms with Crippen LogP contribution in [0.3, 0.4) is 0 Å². The SMILES string of the molecule is c1ccc2c(c1)oc1c(C3CCCC3)cccc12. The zero-order chi connectivity index (χ0) is 11.9. The van der Waals surface area contributed by atoms with Crippen LogP contribution in [0.4, 0.5) is 0 Å². The number of rotatable bonds is 1. The Morgan fingerprint density at radius 3 is 2.50 bits per heavy atom. The summed E-state index contributed by atoms with van der Waals surface area (Å²) in [5.41, 5.74) is 3.55. The Kier molecular flexibility index (Phi) is 2.19. The minimum absolute atomic E-state index is 0.703. The zero-order valence-electron chi connectivity index (χ0n) is 10.4. The second-order valence-electron chi connectivity index (χ2n) is 5.30. The first-order valence-electron chi connectivity index (χ1n) is 6.83. The predicted octanol–water partition coefficient (Wildman–Crippen LogP) is 5.24. The van der Waals surface area contributed by atoms with Gasteiger partial charge in [-0.3, -0.25) is 0 Å². The molecule has 1 aliphatic carbocycles. The van der Waals surface area contributed by atoms with Gasteiger partial charge in [-0.1, -0.05) is 49.2 Å². The lowest BCUT2D eigenvalue weighted by molar-refractivity contribution is 0.643. The van der Waals surface area contributed by atoms with Crippen molar-refractivity contribution < 1.29 is 4.42 Å². The lowest BCUT2D eigenvalue weighted by atomic mass is 9.95. The Morgan fingerprint density at radius 2 is 1.61 bits per heavy atom. The van der Waals surface area contributed by atoms with E-state index in [-0.39, 0.29) is 0 Å². The monoisotopic (exact) mass is 236 g/mol. The van der Waals surface area contributed by atoms with Gasteiger partial charge < -0.3 is 4.42 Å². The number of benzene rings is 2. The van der Waals surface area contributed by atoms with Crippen molar-refractivity contribution in [3.63, 3.8) is 0 Å². The molecule has 1 heterocycles. The van der Waals surface area contributed by atoms with Crippen LogP contribution < -0.4 is 0 Å². The molecule has 4 rings (SSSR count). The highest BCUT2D eigenvalue weighted by Gasteiger charge is 2.21. The summed E-state index contributed by atoms with van der Waals surface area (Å²) in [5.74, 6) is 0.703. The van der Waals surface area contributed by atoms with Crippen molar-refractivity contribution in [2.45, 2.75) is 31.6 Å². The van der Waals surface area contributed by atoms with Gasteiger partial charge in [-0.2, -0.15) is 0 Å². The van der Waals surface area contributed by atoms with Crippen molar-refractivity contribution in [3.05, 3.63) is 48.0 Å². The third kappa shape index (κ3) is 1.40. The molecular formula is C17H16O. The Bertz CT molecular complexity index is 702. The first-order chi connectivity index (χ1) is 8.93. The van der Waals surface area contributed by atoms with Gasteiger partial charge in [-0.25, -0.2) is 0 Å². The molecule has 2 aromatic carbocycles. The Hall–Kier alpha value is -1.76. The van der Waals surface area contributed by atoms with E-state index in [1.807, 2.05) is 6.07 Å². The van der Waals surface area contributed by atoms with Gasteiger partial charge in [0.25, 0.3) is 0 Å². The highest BCUT2D eigenvalue weighted by molar-refractivity contribution is 6.05. The van der Waals surface area contributed by atoms with Crippen LogP contribution >= 0.6 is 0 Å². The molecule has 90 valence electrons. The van der Waals surface area contributed by atoms with E-state index in [9.17, 15) is 0 Å². The first kappa shape index (κ1) is 10.2. The highest BCUT2D eigenvalue weighted by atomic mass is 16.3. The maximum Gasteiger partial charge on any atom is 0.138 e. The van der Waals surface area contributed by atoms with Crippen LogP contribution in [0.25, 0.3) is 21.9 Å². The molecule has 0 saturated heterocycles. The summed E-state index contributed by atoms with van der Waals surface area (Å²) in [6, 6.07) is 14.9. The van der Waals surface area contributed by atoms with E-state index in [2.05, 4.69) is 36.4 Å². The second kappa shape index (κ2) is 3.88. The molecule has 1 aliphatic rings. The van der Waals surface area contributed by atoms with Crippen LogP contribution in [0.5, 0.6) is 0 Å². The first-order valence-corrected chi connectivity index (χ1v) is 6.83. The summed E-state index contributed by atoms with van der Waals surface area (Å²) in [5, 5.41) is 2.52. The smallest absolute Gasteiger partial charge is 0.138 e. The molecule has 0 atom stereocenters. The molecule has 18 heavy (non-hydrogen) atoms. The van der Waals surface area contributed by atoms with E-state index in [1.165, 1.54) is 42.0 Å². The zero-order valence-corrected chi connectivity index (χ0v) is 10.4. The largest absolute Gasteiger partial charge is 0.456 e. The van der Waals surface area contributed by atoms with E-state index in [1.54, 1.807) is 0 Å². The number of hydrogen-bond donors (Lipinski definition) is 0. The second-order valence-corrected chi connectivity index (χ2v) is 5.30. The van der Waals surface area contributed by atoms with Crippen LogP contribution in [0, 0.1) is 0 Å². The summed E-state index contributed by atoms with van der Waals surface area (Å²) < 4.78 is 6.10. The van der Waals surface area contributed by atoms with Crippen molar-refractivity contribution >= 4 is 21.9 Å². The molecule has 1 fully saturated rings. The summed E-state index contributed by atoms with van der Waals surface area (Å²) in [6.45, 7) is 0. The minimum atomic E-state index is 0.703. The Balaban J connectivity index is 2.03. The van der Waals surface area contributed by atoms with Crippen molar-refractivity contribution in [2.75, 3.05) is 0 Å². The fraction of sp³-hybridized carbons (Fsp3) is 0.294. The van der Waals surface area contributed by atoms with Crippen LogP contribution in [-0.2, 0) is 0 Å². The standard InChI is InChI=1S/C17H16O/c1-2-7-12(6-1)13-9-5-10-15-14-8-3-4-11-16(14)18-17(13)15/h3-5,8-12H,1-2,6-7H2. The van der Waals surface area contributed by atoms with Gasteiger partial charge in [0.15, 0.2) is 0 Å². The van der Waals surface area contributed by atoms with E-state index >= 15 is 0 Å². The lowest BCUT2D eigenvalue weighted by Crippen LogP contribution is -1.91. The third-order valence-corrected chi connectivity index (χ3v) is 4.23. The van der Waals surface area contributed by atoms with Gasteiger partial charge in [-0.05, 0) is 30.4 Å². The third-order valence-electron chi connectivity index (χ3n) is 4.23. The quantitative estimate of drug-likeness (QED) is 0.563. The van der Waals surface area contributed by atoms with Crippen LogP contribution in [0.1, 0.15) is 37.2 Å². The number of para-hydroxylation sites is 2. The molecule has 0 bridgehead atoms. The van der Waals surface area contributed by atoms with Gasteiger partial charge in [-0.15, -0.1) is 0 Å². The van der Waals surface area contributed by atoms with Crippen LogP contribution in [0.2, 0.25) is 0 Å². The number of furan rings is 1. The molecule has 1 nitrogen and oxygen atoms in total. The molecule has 0 N–H and O–H groups in total. The van der Waals surface area contributed by atoms with Crippen LogP contribution in [-0.4, -0.2) is 0 Å². The Labute approximate surface area is 106 Å². The van der Waals surface area contributed by atoms with E-state index in [0.29, 0.717) is 5.92 Å². The maximum atomic E-state index is 6.10. The molecule has 1 saturated carbocycles. The van der Waals surface area contributed by atoms with Crippen molar-refractivity contribution in [3.8, 4) is 0 Å². The van der Waals surface area contributed by atoms with Gasteiger partial charge in [0.2, 0.25) is 0 Å². The van der Waals surface area contributed by atoms with Crippen molar-refractivity contribution in [1.29, 1.82) is 0 Å². The molecule has 3 aromatic rings. The maximum absolute atomic E-state index is 6.10. The molecule has 0 unspecified atom stereocenters. The topological polar surface area (TPSA) is 13.1 Å². The summed E-state index contributed by atoms with van der Waals surface area (Å²) in [4.78, 5) is 0. The molecule has 0 radical (unpaired) electrons. The lowest BCUT2D eigenvalue weighted by Gasteiger charge is -2.09. The molecule has 0 amide bonds. The number of fused-ring (bicyclic) bond motifs is 3. The molecule has 0 spiro atoms. The summed E-state index contributed by atoms with van der Waals surface area (Å²) in [6.07, 6.45) is 5.36. The van der Waals surface area contributed by atoms with E-state index < -0.39 is 0 Å². The van der Waals surface area contributed by atoms with Crippen LogP contribution in [0.15, 0.2) is 46.9 Å². The van der Waals surface area contributed by atoms with Gasteiger partial charge in [0, 0.05) is 10.8 Å². The Morgan fingerprint density at radius 1 is 0.833 bits per heavy atom. The van der Waals surface area contributed by atoms with Gasteiger partial charge in [0.05, 0.1) is 0 Å². The average Bonchev–Trinajstić information content (AvgIpc) is 3.05.